The molecule has 0 radical (unpaired) electrons. The summed E-state index contributed by atoms with van der Waals surface area (Å²) in [6.07, 6.45) is -2.51. The van der Waals surface area contributed by atoms with Gasteiger partial charge in [0.05, 0.1) is 16.1 Å². The SMILES string of the molecule is C=CC(O)N1[C@H](C)CN(c2nc(=O)n3c4c(c(-c5cc(Cl)c(F)cc5F)c(C(F)(F)F)cc24)SC[C@@H](N2CCCC2)C3)C[C@@H]1C. The Kier molecular flexibility index (Phi) is 8.70. The van der Waals surface area contributed by atoms with Gasteiger partial charge in [0, 0.05) is 71.0 Å². The maximum atomic E-state index is 15.4. The maximum absolute atomic E-state index is 15.4. The molecule has 1 unspecified atom stereocenters. The number of piperazine rings is 1. The van der Waals surface area contributed by atoms with Gasteiger partial charge in [-0.1, -0.05) is 18.2 Å². The molecule has 2 saturated heterocycles. The molecule has 4 heterocycles. The molecule has 3 aliphatic heterocycles. The lowest BCUT2D eigenvalue weighted by Gasteiger charge is -2.46. The highest BCUT2D eigenvalue weighted by Crippen LogP contribution is 2.49. The van der Waals surface area contributed by atoms with Crippen LogP contribution >= 0.6 is 23.4 Å². The molecule has 3 aromatic rings. The predicted molar refractivity (Wildman–Crippen MR) is 166 cm³/mol. The van der Waals surface area contributed by atoms with Crippen molar-refractivity contribution in [2.45, 2.75) is 68.7 Å². The number of aliphatic hydroxyl groups excluding tert-OH is 1. The summed E-state index contributed by atoms with van der Waals surface area (Å²) in [7, 11) is 0. The van der Waals surface area contributed by atoms with Gasteiger partial charge in [0.1, 0.15) is 23.7 Å². The molecule has 2 aromatic carbocycles. The van der Waals surface area contributed by atoms with Crippen LogP contribution in [-0.2, 0) is 12.7 Å². The first-order chi connectivity index (χ1) is 21.3. The van der Waals surface area contributed by atoms with E-state index in [1.54, 1.807) is 4.90 Å². The van der Waals surface area contributed by atoms with Crippen molar-refractivity contribution in [2.75, 3.05) is 36.8 Å². The third kappa shape index (κ3) is 5.75. The number of aliphatic hydroxyl groups is 1. The number of rotatable bonds is 5. The lowest BCUT2D eigenvalue weighted by molar-refractivity contribution is -0.137. The molecule has 1 N–H and O–H groups in total. The first-order valence-electron chi connectivity index (χ1n) is 14.8. The van der Waals surface area contributed by atoms with E-state index in [0.29, 0.717) is 11.8 Å². The quantitative estimate of drug-likeness (QED) is 0.204. The average molecular weight is 670 g/mol. The monoisotopic (exact) mass is 669 g/mol. The van der Waals surface area contributed by atoms with E-state index >= 15 is 4.39 Å². The largest absolute Gasteiger partial charge is 0.417 e. The van der Waals surface area contributed by atoms with Gasteiger partial charge >= 0.3 is 11.9 Å². The van der Waals surface area contributed by atoms with Crippen LogP contribution < -0.4 is 10.6 Å². The fourth-order valence-electron chi connectivity index (χ4n) is 7.07. The molecular weight excluding hydrogens is 637 g/mol. The summed E-state index contributed by atoms with van der Waals surface area (Å²) < 4.78 is 76.0. The fourth-order valence-corrected chi connectivity index (χ4v) is 8.63. The zero-order valence-electron chi connectivity index (χ0n) is 24.8. The molecule has 0 aliphatic carbocycles. The van der Waals surface area contributed by atoms with Gasteiger partial charge in [0.15, 0.2) is 0 Å². The highest BCUT2D eigenvalue weighted by Gasteiger charge is 2.41. The van der Waals surface area contributed by atoms with Gasteiger partial charge in [-0.2, -0.15) is 18.2 Å². The number of alkyl halides is 3. The molecule has 0 spiro atoms. The standard InChI is InChI=1S/C31H33ClF5N5O2S/c1-4-25(43)42-16(2)12-40(13-17(42)3)29-20-9-21(31(35,36)37)26(19-10-22(32)24(34)11-23(19)33)28-27(20)41(30(44)38-29)14-18(15-45-28)39-7-5-6-8-39/h4,9-11,16-18,25,43H,1,5-8,12-15H2,2-3H3/t16-,17+,18-,25?/m0/s1. The Morgan fingerprint density at radius 1 is 1.09 bits per heavy atom. The summed E-state index contributed by atoms with van der Waals surface area (Å²) in [6.45, 7) is 9.74. The van der Waals surface area contributed by atoms with Gasteiger partial charge in [-0.3, -0.25) is 14.4 Å². The van der Waals surface area contributed by atoms with E-state index in [1.807, 2.05) is 18.7 Å². The Balaban J connectivity index is 1.64. The van der Waals surface area contributed by atoms with E-state index in [0.717, 1.165) is 49.8 Å². The number of hydrogen-bond donors (Lipinski definition) is 1. The van der Waals surface area contributed by atoms with Gasteiger partial charge in [-0.15, -0.1) is 11.8 Å². The van der Waals surface area contributed by atoms with E-state index in [1.165, 1.54) is 10.6 Å². The number of nitrogens with zero attached hydrogens (tertiary/aromatic N) is 5. The van der Waals surface area contributed by atoms with Crippen LogP contribution in [0.2, 0.25) is 5.02 Å². The van der Waals surface area contributed by atoms with E-state index in [4.69, 9.17) is 11.6 Å². The minimum Gasteiger partial charge on any atom is -0.375 e. The van der Waals surface area contributed by atoms with Gasteiger partial charge in [-0.05, 0) is 58.0 Å². The van der Waals surface area contributed by atoms with Crippen molar-refractivity contribution in [1.29, 1.82) is 0 Å². The Bertz CT molecular complexity index is 1700. The van der Waals surface area contributed by atoms with Crippen molar-refractivity contribution >= 4 is 40.1 Å². The third-order valence-electron chi connectivity index (χ3n) is 9.06. The third-order valence-corrected chi connectivity index (χ3v) is 10.6. The van der Waals surface area contributed by atoms with Crippen LogP contribution in [0.5, 0.6) is 0 Å². The fraction of sp³-hybridized carbons (Fsp3) is 0.484. The van der Waals surface area contributed by atoms with Gasteiger partial charge < -0.3 is 10.0 Å². The van der Waals surface area contributed by atoms with Crippen LogP contribution in [-0.4, -0.2) is 80.7 Å². The predicted octanol–water partition coefficient (Wildman–Crippen LogP) is 5.99. The molecule has 1 aromatic heterocycles. The number of aromatic nitrogens is 2. The smallest absolute Gasteiger partial charge is 0.375 e. The van der Waals surface area contributed by atoms with Crippen molar-refractivity contribution in [1.82, 2.24) is 19.4 Å². The molecule has 242 valence electrons. The second-order valence-corrected chi connectivity index (χ2v) is 13.4. The molecule has 14 heteroatoms. The number of thioether (sulfide) groups is 1. The van der Waals surface area contributed by atoms with Crippen molar-refractivity contribution in [3.8, 4) is 11.1 Å². The van der Waals surface area contributed by atoms with Crippen LogP contribution in [0.15, 0.2) is 40.5 Å². The first-order valence-corrected chi connectivity index (χ1v) is 16.2. The van der Waals surface area contributed by atoms with Crippen LogP contribution in [0.1, 0.15) is 32.3 Å². The lowest BCUT2D eigenvalue weighted by Crippen LogP contribution is -2.60. The van der Waals surface area contributed by atoms with E-state index < -0.39 is 51.4 Å². The van der Waals surface area contributed by atoms with Crippen LogP contribution in [0.4, 0.5) is 27.8 Å². The highest BCUT2D eigenvalue weighted by molar-refractivity contribution is 7.99. The minimum absolute atomic E-state index is 0.0747. The number of halogens is 6. The van der Waals surface area contributed by atoms with Gasteiger partial charge in [-0.25, -0.2) is 13.6 Å². The molecular formula is C31H33ClF5N5O2S. The zero-order valence-corrected chi connectivity index (χ0v) is 26.3. The Labute approximate surface area is 266 Å². The topological polar surface area (TPSA) is 64.8 Å². The van der Waals surface area contributed by atoms with Gasteiger partial charge in [0.2, 0.25) is 0 Å². The molecule has 2 fully saturated rings. The Morgan fingerprint density at radius 2 is 1.76 bits per heavy atom. The van der Waals surface area contributed by atoms with Crippen molar-refractivity contribution in [2.24, 2.45) is 0 Å². The van der Waals surface area contributed by atoms with Crippen molar-refractivity contribution < 1.29 is 27.1 Å². The Morgan fingerprint density at radius 3 is 2.38 bits per heavy atom. The molecule has 0 bridgehead atoms. The van der Waals surface area contributed by atoms with Crippen LogP contribution in [0.3, 0.4) is 0 Å². The summed E-state index contributed by atoms with van der Waals surface area (Å²) in [4.78, 5) is 24.2. The Hall–Kier alpha value is -2.71. The van der Waals surface area contributed by atoms with E-state index in [9.17, 15) is 27.5 Å². The highest BCUT2D eigenvalue weighted by atomic mass is 35.5. The normalized spacial score (nSPS) is 23.8. The summed E-state index contributed by atoms with van der Waals surface area (Å²) in [5.41, 5.74) is -2.50. The maximum Gasteiger partial charge on any atom is 0.417 e. The van der Waals surface area contributed by atoms with Crippen molar-refractivity contribution in [3.05, 3.63) is 63.6 Å². The van der Waals surface area contributed by atoms with Gasteiger partial charge in [0.25, 0.3) is 0 Å². The zero-order chi connectivity index (χ0) is 32.4. The summed E-state index contributed by atoms with van der Waals surface area (Å²) in [6, 6.07) is 1.59. The average Bonchev–Trinajstić information content (AvgIpc) is 3.43. The van der Waals surface area contributed by atoms with E-state index in [2.05, 4.69) is 16.5 Å². The minimum atomic E-state index is -4.94. The molecule has 6 rings (SSSR count). The molecule has 3 aliphatic rings. The van der Waals surface area contributed by atoms with Crippen LogP contribution in [0.25, 0.3) is 22.0 Å². The number of hydrogen-bond acceptors (Lipinski definition) is 7. The molecule has 4 atom stereocenters. The van der Waals surface area contributed by atoms with E-state index in [-0.39, 0.29) is 59.4 Å². The lowest BCUT2D eigenvalue weighted by atomic mass is 9.95. The summed E-state index contributed by atoms with van der Waals surface area (Å²) >= 11 is 7.13. The molecule has 45 heavy (non-hydrogen) atoms. The molecule has 0 saturated carbocycles. The molecule has 7 nitrogen and oxygen atoms in total. The first kappa shape index (κ1) is 32.2. The van der Waals surface area contributed by atoms with Crippen LogP contribution in [0, 0.1) is 11.6 Å². The summed E-state index contributed by atoms with van der Waals surface area (Å²) in [5.74, 6) is -1.84. The molecule has 0 amide bonds. The van der Waals surface area contributed by atoms with Crippen molar-refractivity contribution in [3.63, 3.8) is 0 Å². The number of likely N-dealkylation sites (tertiary alicyclic amines) is 1. The number of benzene rings is 2. The summed E-state index contributed by atoms with van der Waals surface area (Å²) in [5, 5.41) is 10.1. The second kappa shape index (κ2) is 12.1. The number of anilines is 1. The second-order valence-electron chi connectivity index (χ2n) is 12.0.